The van der Waals surface area contributed by atoms with Gasteiger partial charge in [-0.3, -0.25) is 9.59 Å². The molecule has 1 amide bonds. The van der Waals surface area contributed by atoms with E-state index >= 15 is 0 Å². The van der Waals surface area contributed by atoms with Gasteiger partial charge in [0.1, 0.15) is 0 Å². The molecule has 2 unspecified atom stereocenters. The Labute approximate surface area is 425 Å². The molecular formula is C62H121NO5. The Bertz CT molecular complexity index is 1020. The zero-order chi connectivity index (χ0) is 49.3. The number of rotatable bonds is 58. The summed E-state index contributed by atoms with van der Waals surface area (Å²) in [7, 11) is 0. The molecule has 0 aliphatic heterocycles. The van der Waals surface area contributed by atoms with Crippen LogP contribution in [0.4, 0.5) is 0 Å². The van der Waals surface area contributed by atoms with E-state index in [0.717, 1.165) is 57.8 Å². The van der Waals surface area contributed by atoms with Gasteiger partial charge in [0.05, 0.1) is 25.4 Å². The molecule has 0 saturated heterocycles. The minimum Gasteiger partial charge on any atom is -0.466 e. The zero-order valence-electron chi connectivity index (χ0n) is 46.1. The number of aliphatic hydroxyl groups excluding tert-OH is 2. The van der Waals surface area contributed by atoms with E-state index in [1.54, 1.807) is 0 Å². The number of esters is 1. The normalized spacial score (nSPS) is 12.6. The molecule has 68 heavy (non-hydrogen) atoms. The highest BCUT2D eigenvalue weighted by Gasteiger charge is 2.20. The molecule has 0 fully saturated rings. The van der Waals surface area contributed by atoms with Crippen LogP contribution in [-0.4, -0.2) is 47.4 Å². The second kappa shape index (κ2) is 58.2. The standard InChI is InChI=1S/C62H121NO5/c1-3-5-7-9-11-13-15-17-19-21-23-24-25-27-28-30-32-34-38-42-46-50-54-60(65)59(58-64)63-61(66)55-51-47-43-39-36-37-41-45-49-53-57-68-62(67)56-52-48-44-40-35-33-31-29-26-22-20-18-16-14-12-10-8-6-4-2/h18,20,59-60,64-65H,3-17,19,21-58H2,1-2H3,(H,63,66)/b20-18-. The molecule has 0 aromatic carbocycles. The molecule has 0 aliphatic carbocycles. The van der Waals surface area contributed by atoms with Gasteiger partial charge >= 0.3 is 5.97 Å². The van der Waals surface area contributed by atoms with Crippen molar-refractivity contribution in [3.63, 3.8) is 0 Å². The molecule has 0 aromatic rings. The summed E-state index contributed by atoms with van der Waals surface area (Å²) in [5, 5.41) is 23.4. The first-order valence-corrected chi connectivity index (χ1v) is 30.9. The van der Waals surface area contributed by atoms with Gasteiger partial charge in [0.25, 0.3) is 0 Å². The Balaban J connectivity index is 3.44. The van der Waals surface area contributed by atoms with Gasteiger partial charge in [-0.1, -0.05) is 296 Å². The lowest BCUT2D eigenvalue weighted by Gasteiger charge is -2.22. The van der Waals surface area contributed by atoms with Crippen LogP contribution in [0.5, 0.6) is 0 Å². The predicted octanol–water partition coefficient (Wildman–Crippen LogP) is 19.2. The Morgan fingerprint density at radius 2 is 0.691 bits per heavy atom. The fourth-order valence-electron chi connectivity index (χ4n) is 9.81. The van der Waals surface area contributed by atoms with Crippen LogP contribution in [0, 0.1) is 0 Å². The second-order valence-corrected chi connectivity index (χ2v) is 21.4. The van der Waals surface area contributed by atoms with Crippen molar-refractivity contribution in [2.45, 2.75) is 360 Å². The molecule has 0 radical (unpaired) electrons. The van der Waals surface area contributed by atoms with Gasteiger partial charge in [-0.2, -0.15) is 0 Å². The maximum Gasteiger partial charge on any atom is 0.305 e. The monoisotopic (exact) mass is 960 g/mol. The summed E-state index contributed by atoms with van der Waals surface area (Å²) >= 11 is 0. The molecule has 3 N–H and O–H groups in total. The lowest BCUT2D eigenvalue weighted by Crippen LogP contribution is -2.45. The fourth-order valence-corrected chi connectivity index (χ4v) is 9.81. The molecule has 0 bridgehead atoms. The smallest absolute Gasteiger partial charge is 0.305 e. The van der Waals surface area contributed by atoms with Gasteiger partial charge in [0.2, 0.25) is 5.91 Å². The molecule has 2 atom stereocenters. The van der Waals surface area contributed by atoms with Crippen molar-refractivity contribution in [3.8, 4) is 0 Å². The van der Waals surface area contributed by atoms with Crippen LogP contribution < -0.4 is 5.32 Å². The van der Waals surface area contributed by atoms with Crippen molar-refractivity contribution >= 4 is 11.9 Å². The molecule has 6 nitrogen and oxygen atoms in total. The van der Waals surface area contributed by atoms with Crippen molar-refractivity contribution in [1.29, 1.82) is 0 Å². The highest BCUT2D eigenvalue weighted by molar-refractivity contribution is 5.76. The number of carbonyl (C=O) groups excluding carboxylic acids is 2. The van der Waals surface area contributed by atoms with E-state index in [2.05, 4.69) is 31.3 Å². The maximum atomic E-state index is 12.5. The Hall–Kier alpha value is -1.40. The van der Waals surface area contributed by atoms with Crippen LogP contribution >= 0.6 is 0 Å². The van der Waals surface area contributed by atoms with Crippen LogP contribution in [0.2, 0.25) is 0 Å². The average Bonchev–Trinajstić information content (AvgIpc) is 3.34. The van der Waals surface area contributed by atoms with E-state index in [-0.39, 0.29) is 18.5 Å². The Kier molecular flexibility index (Phi) is 57.0. The van der Waals surface area contributed by atoms with E-state index in [1.807, 2.05) is 0 Å². The summed E-state index contributed by atoms with van der Waals surface area (Å²) in [5.41, 5.74) is 0. The van der Waals surface area contributed by atoms with Gasteiger partial charge in [-0.05, 0) is 51.4 Å². The number of unbranched alkanes of at least 4 members (excludes halogenated alkanes) is 45. The summed E-state index contributed by atoms with van der Waals surface area (Å²) in [6.07, 6.45) is 69.2. The second-order valence-electron chi connectivity index (χ2n) is 21.4. The molecular weight excluding hydrogens is 839 g/mol. The molecule has 6 heteroatoms. The Morgan fingerprint density at radius 1 is 0.397 bits per heavy atom. The van der Waals surface area contributed by atoms with Gasteiger partial charge < -0.3 is 20.3 Å². The van der Waals surface area contributed by atoms with Crippen LogP contribution in [0.15, 0.2) is 12.2 Å². The molecule has 0 aliphatic rings. The van der Waals surface area contributed by atoms with E-state index in [0.29, 0.717) is 25.9 Å². The van der Waals surface area contributed by atoms with Gasteiger partial charge in [0, 0.05) is 12.8 Å². The van der Waals surface area contributed by atoms with Crippen molar-refractivity contribution in [3.05, 3.63) is 12.2 Å². The topological polar surface area (TPSA) is 95.9 Å². The SMILES string of the molecule is CCCCCCCC/C=C\CCCCCCCCCCCC(=O)OCCCCCCCCCCCCC(=O)NC(CO)C(O)CCCCCCCCCCCCCCCCCCCCCCCC. The van der Waals surface area contributed by atoms with E-state index < -0.39 is 12.1 Å². The lowest BCUT2D eigenvalue weighted by atomic mass is 10.0. The summed E-state index contributed by atoms with van der Waals surface area (Å²) in [6, 6.07) is -0.559. The first-order chi connectivity index (χ1) is 33.5. The Morgan fingerprint density at radius 3 is 1.04 bits per heavy atom. The summed E-state index contributed by atoms with van der Waals surface area (Å²) in [6.45, 7) is 4.93. The minimum absolute atomic E-state index is 0.0177. The molecule has 404 valence electrons. The third kappa shape index (κ3) is 53.9. The first kappa shape index (κ1) is 66.6. The number of hydrogen-bond donors (Lipinski definition) is 3. The van der Waals surface area contributed by atoms with Crippen LogP contribution in [0.1, 0.15) is 348 Å². The highest BCUT2D eigenvalue weighted by atomic mass is 16.5. The van der Waals surface area contributed by atoms with Crippen LogP contribution in [0.25, 0.3) is 0 Å². The van der Waals surface area contributed by atoms with Crippen LogP contribution in [0.3, 0.4) is 0 Å². The van der Waals surface area contributed by atoms with Gasteiger partial charge in [-0.15, -0.1) is 0 Å². The largest absolute Gasteiger partial charge is 0.466 e. The maximum absolute atomic E-state index is 12.5. The van der Waals surface area contributed by atoms with Crippen molar-refractivity contribution in [2.24, 2.45) is 0 Å². The number of ether oxygens (including phenoxy) is 1. The molecule has 0 aromatic heterocycles. The number of aliphatic hydroxyl groups is 2. The number of allylic oxidation sites excluding steroid dienone is 2. The van der Waals surface area contributed by atoms with Crippen LogP contribution in [-0.2, 0) is 14.3 Å². The minimum atomic E-state index is -0.680. The van der Waals surface area contributed by atoms with Crippen molar-refractivity contribution in [2.75, 3.05) is 13.2 Å². The summed E-state index contributed by atoms with van der Waals surface area (Å²) in [5.74, 6) is -0.0713. The lowest BCUT2D eigenvalue weighted by molar-refractivity contribution is -0.143. The number of carbonyl (C=O) groups is 2. The van der Waals surface area contributed by atoms with E-state index in [9.17, 15) is 19.8 Å². The number of amides is 1. The molecule has 0 spiro atoms. The predicted molar refractivity (Wildman–Crippen MR) is 297 cm³/mol. The first-order valence-electron chi connectivity index (χ1n) is 30.9. The average molecular weight is 961 g/mol. The van der Waals surface area contributed by atoms with Crippen molar-refractivity contribution < 1.29 is 24.5 Å². The molecule has 0 saturated carbocycles. The van der Waals surface area contributed by atoms with E-state index in [4.69, 9.17) is 4.74 Å². The molecule has 0 rings (SSSR count). The molecule has 0 heterocycles. The third-order valence-electron chi connectivity index (χ3n) is 14.6. The summed E-state index contributed by atoms with van der Waals surface area (Å²) in [4.78, 5) is 24.6. The van der Waals surface area contributed by atoms with E-state index in [1.165, 1.54) is 257 Å². The fraction of sp³-hybridized carbons (Fsp3) is 0.935. The van der Waals surface area contributed by atoms with Gasteiger partial charge in [-0.25, -0.2) is 0 Å². The number of hydrogen-bond acceptors (Lipinski definition) is 5. The highest BCUT2D eigenvalue weighted by Crippen LogP contribution is 2.18. The quantitative estimate of drug-likeness (QED) is 0.0321. The third-order valence-corrected chi connectivity index (χ3v) is 14.6. The summed E-state index contributed by atoms with van der Waals surface area (Å²) < 4.78 is 5.48. The van der Waals surface area contributed by atoms with Gasteiger partial charge in [0.15, 0.2) is 0 Å². The number of nitrogens with one attached hydrogen (secondary N) is 1. The zero-order valence-corrected chi connectivity index (χ0v) is 46.1. The van der Waals surface area contributed by atoms with Crippen molar-refractivity contribution in [1.82, 2.24) is 5.32 Å².